The lowest BCUT2D eigenvalue weighted by molar-refractivity contribution is -0.112. The van der Waals surface area contributed by atoms with Gasteiger partial charge in [0.25, 0.3) is 29.5 Å². The SMILES string of the molecule is C=C(Cl)C(=O)Nc1n[nH]c(C(=O)Nc2n[nH]c(C(=O)Nc3c[nH]c(C(=O)Nc4c[nH]c(C(=O)NCCNC(=N)N)c4C)c3C)c2C)c1C. The minimum Gasteiger partial charge on any atom is -0.370 e. The van der Waals surface area contributed by atoms with Crippen molar-refractivity contribution in [3.63, 3.8) is 0 Å². The van der Waals surface area contributed by atoms with Crippen molar-refractivity contribution < 1.29 is 24.0 Å². The lowest BCUT2D eigenvalue weighted by atomic mass is 10.2. The number of aromatic nitrogens is 6. The summed E-state index contributed by atoms with van der Waals surface area (Å²) in [6.07, 6.45) is 2.93. The zero-order chi connectivity index (χ0) is 35.3. The van der Waals surface area contributed by atoms with Crippen LogP contribution in [0.1, 0.15) is 64.2 Å². The van der Waals surface area contributed by atoms with Crippen molar-refractivity contribution in [3.05, 3.63) is 69.0 Å². The lowest BCUT2D eigenvalue weighted by Crippen LogP contribution is -2.37. The largest absolute Gasteiger partial charge is 0.370 e. The molecule has 0 spiro atoms. The van der Waals surface area contributed by atoms with Crippen molar-refractivity contribution >= 4 is 70.1 Å². The highest BCUT2D eigenvalue weighted by Crippen LogP contribution is 2.25. The van der Waals surface area contributed by atoms with Gasteiger partial charge in [-0.2, -0.15) is 10.2 Å². The molecule has 5 amide bonds. The Morgan fingerprint density at radius 3 is 1.65 bits per heavy atom. The molecule has 0 aliphatic rings. The average molecular weight is 681 g/mol. The lowest BCUT2D eigenvalue weighted by Gasteiger charge is -2.08. The number of amides is 5. The number of carbonyl (C=O) groups is 5. The van der Waals surface area contributed by atoms with E-state index >= 15 is 0 Å². The summed E-state index contributed by atoms with van der Waals surface area (Å²) in [5.41, 5.74) is 8.03. The van der Waals surface area contributed by atoms with Gasteiger partial charge in [0.05, 0.1) is 16.4 Å². The van der Waals surface area contributed by atoms with E-state index < -0.39 is 29.5 Å². The van der Waals surface area contributed by atoms with E-state index in [1.807, 2.05) is 0 Å². The summed E-state index contributed by atoms with van der Waals surface area (Å²) < 4.78 is 0. The highest BCUT2D eigenvalue weighted by molar-refractivity contribution is 6.43. The molecule has 4 rings (SSSR count). The van der Waals surface area contributed by atoms with Crippen LogP contribution in [0.15, 0.2) is 24.0 Å². The molecule has 0 unspecified atom stereocenters. The van der Waals surface area contributed by atoms with Gasteiger partial charge in [0.2, 0.25) is 0 Å². The predicted octanol–water partition coefficient (Wildman–Crippen LogP) is 1.68. The number of guanidine groups is 1. The van der Waals surface area contributed by atoms with Gasteiger partial charge in [0.15, 0.2) is 17.6 Å². The number of rotatable bonds is 12. The number of hydrogen-bond acceptors (Lipinski definition) is 8. The van der Waals surface area contributed by atoms with Gasteiger partial charge in [-0.15, -0.1) is 0 Å². The number of nitrogens with one attached hydrogen (secondary N) is 11. The zero-order valence-corrected chi connectivity index (χ0v) is 26.9. The van der Waals surface area contributed by atoms with Gasteiger partial charge < -0.3 is 47.6 Å². The van der Waals surface area contributed by atoms with E-state index in [0.29, 0.717) is 33.6 Å². The average Bonchev–Trinajstić information content (AvgIpc) is 3.78. The van der Waals surface area contributed by atoms with E-state index in [1.165, 1.54) is 12.4 Å². The molecule has 0 radical (unpaired) electrons. The smallest absolute Gasteiger partial charge is 0.275 e. The molecule has 0 saturated carbocycles. The zero-order valence-electron chi connectivity index (χ0n) is 26.2. The third-order valence-corrected chi connectivity index (χ3v) is 7.31. The Bertz CT molecular complexity index is 1950. The Hall–Kier alpha value is -6.37. The van der Waals surface area contributed by atoms with Crippen molar-refractivity contribution in [1.82, 2.24) is 41.0 Å². The van der Waals surface area contributed by atoms with Crippen LogP contribution in [0.2, 0.25) is 0 Å². The highest BCUT2D eigenvalue weighted by atomic mass is 35.5. The number of carbonyl (C=O) groups excluding carboxylic acids is 5. The maximum absolute atomic E-state index is 13.1. The van der Waals surface area contributed by atoms with Crippen LogP contribution < -0.4 is 37.6 Å². The Balaban J connectivity index is 1.38. The van der Waals surface area contributed by atoms with Crippen molar-refractivity contribution in [2.75, 3.05) is 34.4 Å². The second-order valence-electron chi connectivity index (χ2n) is 10.4. The Morgan fingerprint density at radius 1 is 0.708 bits per heavy atom. The first-order valence-corrected chi connectivity index (χ1v) is 14.5. The Kier molecular flexibility index (Phi) is 10.3. The number of nitrogens with zero attached hydrogens (tertiary/aromatic N) is 2. The van der Waals surface area contributed by atoms with Crippen molar-refractivity contribution in [1.29, 1.82) is 5.41 Å². The number of anilines is 4. The first-order valence-electron chi connectivity index (χ1n) is 14.1. The van der Waals surface area contributed by atoms with Crippen LogP contribution in [0.5, 0.6) is 0 Å². The molecule has 19 nitrogen and oxygen atoms in total. The van der Waals surface area contributed by atoms with Crippen molar-refractivity contribution in [2.45, 2.75) is 27.7 Å². The fourth-order valence-electron chi connectivity index (χ4n) is 4.38. The quantitative estimate of drug-likeness (QED) is 0.0448. The Morgan fingerprint density at radius 2 is 1.15 bits per heavy atom. The molecule has 0 aliphatic carbocycles. The van der Waals surface area contributed by atoms with Crippen LogP contribution in [0.4, 0.5) is 23.0 Å². The Labute approximate surface area is 277 Å². The van der Waals surface area contributed by atoms with E-state index in [1.54, 1.807) is 27.7 Å². The molecule has 0 saturated heterocycles. The van der Waals surface area contributed by atoms with E-state index in [-0.39, 0.29) is 58.5 Å². The normalized spacial score (nSPS) is 10.6. The highest BCUT2D eigenvalue weighted by Gasteiger charge is 2.24. The number of H-pyrrole nitrogens is 4. The van der Waals surface area contributed by atoms with Gasteiger partial charge in [-0.25, -0.2) is 0 Å². The maximum Gasteiger partial charge on any atom is 0.275 e. The maximum atomic E-state index is 13.1. The second kappa shape index (κ2) is 14.4. The van der Waals surface area contributed by atoms with Gasteiger partial charge in [-0.1, -0.05) is 18.2 Å². The van der Waals surface area contributed by atoms with Crippen LogP contribution in [0.3, 0.4) is 0 Å². The molecular weight excluding hydrogens is 648 g/mol. The van der Waals surface area contributed by atoms with Gasteiger partial charge in [0.1, 0.15) is 22.8 Å². The molecule has 0 fully saturated rings. The predicted molar refractivity (Wildman–Crippen MR) is 177 cm³/mol. The fraction of sp³-hybridized carbons (Fsp3) is 0.214. The third kappa shape index (κ3) is 7.53. The summed E-state index contributed by atoms with van der Waals surface area (Å²) in [5, 5.41) is 35.7. The van der Waals surface area contributed by atoms with Crippen molar-refractivity contribution in [2.24, 2.45) is 5.73 Å². The summed E-state index contributed by atoms with van der Waals surface area (Å²) in [7, 11) is 0. The van der Waals surface area contributed by atoms with E-state index in [2.05, 4.69) is 68.8 Å². The molecule has 0 aliphatic heterocycles. The molecule has 0 bridgehead atoms. The summed E-state index contributed by atoms with van der Waals surface area (Å²) in [6, 6.07) is 0. The minimum atomic E-state index is -0.675. The molecule has 0 atom stereocenters. The van der Waals surface area contributed by atoms with E-state index in [0.717, 1.165) is 0 Å². The first-order chi connectivity index (χ1) is 22.7. The molecule has 13 N–H and O–H groups in total. The third-order valence-electron chi connectivity index (χ3n) is 7.14. The molecule has 4 heterocycles. The fourth-order valence-corrected chi connectivity index (χ4v) is 4.43. The summed E-state index contributed by atoms with van der Waals surface area (Å²) in [6.45, 7) is 10.3. The van der Waals surface area contributed by atoms with Gasteiger partial charge in [0, 0.05) is 47.7 Å². The summed E-state index contributed by atoms with van der Waals surface area (Å²) in [5.74, 6) is -2.85. The molecule has 0 aromatic carbocycles. The van der Waals surface area contributed by atoms with E-state index in [4.69, 9.17) is 22.7 Å². The van der Waals surface area contributed by atoms with Gasteiger partial charge in [-0.05, 0) is 27.7 Å². The molecule has 252 valence electrons. The minimum absolute atomic E-state index is 0.0423. The second-order valence-corrected chi connectivity index (χ2v) is 10.8. The van der Waals surface area contributed by atoms with Gasteiger partial charge >= 0.3 is 0 Å². The van der Waals surface area contributed by atoms with Crippen LogP contribution in [-0.2, 0) is 4.79 Å². The monoisotopic (exact) mass is 680 g/mol. The number of aromatic amines is 4. The van der Waals surface area contributed by atoms with Crippen LogP contribution in [0.25, 0.3) is 0 Å². The molecular formula is C28H33ClN14O5. The number of halogens is 1. The first kappa shape index (κ1) is 34.5. The van der Waals surface area contributed by atoms with Crippen LogP contribution in [-0.4, -0.2) is 78.9 Å². The molecule has 4 aromatic rings. The van der Waals surface area contributed by atoms with E-state index in [9.17, 15) is 24.0 Å². The van der Waals surface area contributed by atoms with Crippen molar-refractivity contribution in [3.8, 4) is 0 Å². The number of hydrogen-bond donors (Lipinski definition) is 12. The molecule has 4 aromatic heterocycles. The summed E-state index contributed by atoms with van der Waals surface area (Å²) >= 11 is 5.58. The van der Waals surface area contributed by atoms with Crippen LogP contribution in [0, 0.1) is 33.1 Å². The number of nitrogens with two attached hydrogens (primary N) is 1. The van der Waals surface area contributed by atoms with Crippen LogP contribution >= 0.6 is 11.6 Å². The summed E-state index contributed by atoms with van der Waals surface area (Å²) in [4.78, 5) is 69.1. The van der Waals surface area contributed by atoms with Gasteiger partial charge in [-0.3, -0.25) is 39.6 Å². The standard InChI is InChI=1S/C28H33ClN14O5/c1-10-15(8-34-17(10)24(45)32-6-7-33-28(30)31)36-25(46)18-11(2)16(9-35-18)37-26(47)19-12(3)22(43-40-19)39-27(48)20-13(4)21(42-41-20)38-23(44)14(5)29/h8-9,34-35H,5-7H2,1-4H3,(H,32,45)(H,36,46)(H,37,47)(H4,30,31,33)(H2,38,41,42,44)(H2,39,40,43,48). The topological polar surface area (TPSA) is 296 Å². The molecule has 20 heteroatoms. The molecule has 48 heavy (non-hydrogen) atoms.